The summed E-state index contributed by atoms with van der Waals surface area (Å²) in [6.07, 6.45) is 6.09. The van der Waals surface area contributed by atoms with E-state index in [0.29, 0.717) is 23.0 Å². The minimum atomic E-state index is -0.734. The Kier molecular flexibility index (Phi) is 6.08. The molecule has 1 unspecified atom stereocenters. The maximum Gasteiger partial charge on any atom is 0.234 e. The van der Waals surface area contributed by atoms with Gasteiger partial charge in [0.15, 0.2) is 5.16 Å². The van der Waals surface area contributed by atoms with E-state index in [1.807, 2.05) is 32.0 Å². The van der Waals surface area contributed by atoms with Crippen LogP contribution in [0.2, 0.25) is 5.02 Å². The summed E-state index contributed by atoms with van der Waals surface area (Å²) in [6.45, 7) is 3.76. The van der Waals surface area contributed by atoms with E-state index in [0.717, 1.165) is 30.5 Å². The first-order valence-corrected chi connectivity index (χ1v) is 10.3. The van der Waals surface area contributed by atoms with Gasteiger partial charge in [-0.3, -0.25) is 9.36 Å². The van der Waals surface area contributed by atoms with Gasteiger partial charge in [-0.1, -0.05) is 48.7 Å². The number of halogens is 1. The van der Waals surface area contributed by atoms with E-state index >= 15 is 0 Å². The number of thioether (sulfide) groups is 1. The molecule has 1 N–H and O–H groups in total. The first-order valence-electron chi connectivity index (χ1n) is 9.00. The normalized spacial score (nSPS) is 17.1. The van der Waals surface area contributed by atoms with Crippen molar-refractivity contribution < 1.29 is 4.79 Å². The molecule has 27 heavy (non-hydrogen) atoms. The van der Waals surface area contributed by atoms with Crippen molar-refractivity contribution in [3.05, 3.63) is 35.1 Å². The lowest BCUT2D eigenvalue weighted by molar-refractivity contribution is -0.121. The fourth-order valence-corrected chi connectivity index (χ4v) is 4.20. The lowest BCUT2D eigenvalue weighted by atomic mass is 9.83. The molecule has 1 atom stereocenters. The number of nitrogens with zero attached hydrogens (tertiary/aromatic N) is 4. The van der Waals surface area contributed by atoms with Crippen molar-refractivity contribution in [1.29, 1.82) is 5.26 Å². The van der Waals surface area contributed by atoms with Crippen LogP contribution < -0.4 is 5.32 Å². The molecule has 1 aliphatic carbocycles. The molecule has 1 fully saturated rings. The summed E-state index contributed by atoms with van der Waals surface area (Å²) in [6, 6.07) is 8.04. The third kappa shape index (κ3) is 4.45. The Morgan fingerprint density at radius 1 is 1.41 bits per heavy atom. The summed E-state index contributed by atoms with van der Waals surface area (Å²) >= 11 is 7.54. The molecule has 8 heteroatoms. The molecule has 0 saturated heterocycles. The second-order valence-electron chi connectivity index (χ2n) is 6.92. The largest absolute Gasteiger partial charge is 0.337 e. The van der Waals surface area contributed by atoms with E-state index < -0.39 is 10.8 Å². The van der Waals surface area contributed by atoms with Crippen LogP contribution in [0.5, 0.6) is 0 Å². The van der Waals surface area contributed by atoms with Crippen LogP contribution >= 0.6 is 23.4 Å². The highest BCUT2D eigenvalue weighted by Crippen LogP contribution is 2.30. The Bertz CT molecular complexity index is 869. The monoisotopic (exact) mass is 403 g/mol. The number of nitriles is 1. The van der Waals surface area contributed by atoms with Gasteiger partial charge in [0.2, 0.25) is 5.91 Å². The van der Waals surface area contributed by atoms with Gasteiger partial charge in [-0.25, -0.2) is 0 Å². The van der Waals surface area contributed by atoms with Crippen LogP contribution in [-0.2, 0) is 4.79 Å². The summed E-state index contributed by atoms with van der Waals surface area (Å²) in [5, 5.41) is 21.5. The highest BCUT2D eigenvalue weighted by atomic mass is 35.5. The van der Waals surface area contributed by atoms with Gasteiger partial charge in [-0.15, -0.1) is 10.2 Å². The fourth-order valence-electron chi connectivity index (χ4n) is 3.18. The van der Waals surface area contributed by atoms with Gasteiger partial charge in [-0.05, 0) is 44.4 Å². The first kappa shape index (κ1) is 19.7. The molecule has 1 aliphatic rings. The molecular formula is C19H22ClN5OS. The number of benzene rings is 1. The average molecular weight is 404 g/mol. The van der Waals surface area contributed by atoms with E-state index in [1.165, 1.54) is 11.8 Å². The molecule has 0 spiro atoms. The van der Waals surface area contributed by atoms with Crippen LogP contribution in [-0.4, -0.2) is 31.5 Å². The number of nitrogens with one attached hydrogen (secondary N) is 1. The van der Waals surface area contributed by atoms with Crippen LogP contribution in [0.25, 0.3) is 5.69 Å². The van der Waals surface area contributed by atoms with Gasteiger partial charge in [-0.2, -0.15) is 5.26 Å². The van der Waals surface area contributed by atoms with Gasteiger partial charge in [0.1, 0.15) is 11.9 Å². The standard InChI is InChI=1S/C19H22ClN5OS/c1-13-6-7-15(10-16(13)20)25-12-22-24-18(25)27-14(2)17(26)23-19(11-21)8-4-3-5-9-19/h6-7,10,12,14H,3-5,8-9H2,1-2H3,(H,23,26). The van der Waals surface area contributed by atoms with Crippen LogP contribution in [0.15, 0.2) is 29.7 Å². The van der Waals surface area contributed by atoms with Gasteiger partial charge >= 0.3 is 0 Å². The predicted octanol–water partition coefficient (Wildman–Crippen LogP) is 4.05. The minimum Gasteiger partial charge on any atom is -0.337 e. The van der Waals surface area contributed by atoms with Gasteiger partial charge in [0.25, 0.3) is 0 Å². The summed E-state index contributed by atoms with van der Waals surface area (Å²) in [7, 11) is 0. The maximum atomic E-state index is 12.7. The average Bonchev–Trinajstić information content (AvgIpc) is 3.12. The van der Waals surface area contributed by atoms with E-state index in [1.54, 1.807) is 10.9 Å². The molecule has 1 amide bonds. The Morgan fingerprint density at radius 3 is 2.81 bits per heavy atom. The molecule has 1 aromatic carbocycles. The second-order valence-corrected chi connectivity index (χ2v) is 8.64. The Labute approximate surface area is 168 Å². The number of carbonyl (C=O) groups is 1. The molecule has 142 valence electrons. The van der Waals surface area contributed by atoms with Crippen molar-refractivity contribution in [3.63, 3.8) is 0 Å². The number of amides is 1. The van der Waals surface area contributed by atoms with Crippen molar-refractivity contribution in [2.45, 2.75) is 61.9 Å². The summed E-state index contributed by atoms with van der Waals surface area (Å²) in [5.74, 6) is -0.153. The molecule has 0 bridgehead atoms. The van der Waals surface area contributed by atoms with E-state index in [4.69, 9.17) is 11.6 Å². The number of carbonyl (C=O) groups excluding carboxylic acids is 1. The lowest BCUT2D eigenvalue weighted by Crippen LogP contribution is -2.50. The highest BCUT2D eigenvalue weighted by Gasteiger charge is 2.35. The SMILES string of the molecule is Cc1ccc(-n2cnnc2SC(C)C(=O)NC2(C#N)CCCCC2)cc1Cl. The van der Waals surface area contributed by atoms with E-state index in [2.05, 4.69) is 21.6 Å². The molecule has 0 radical (unpaired) electrons. The number of hydrogen-bond donors (Lipinski definition) is 1. The summed E-state index contributed by atoms with van der Waals surface area (Å²) < 4.78 is 1.81. The Morgan fingerprint density at radius 2 is 2.15 bits per heavy atom. The van der Waals surface area contributed by atoms with Gasteiger partial charge in [0.05, 0.1) is 17.0 Å². The molecular weight excluding hydrogens is 382 g/mol. The summed E-state index contributed by atoms with van der Waals surface area (Å²) in [4.78, 5) is 12.7. The number of aryl methyl sites for hydroxylation is 1. The minimum absolute atomic E-state index is 0.153. The van der Waals surface area contributed by atoms with Crippen molar-refractivity contribution in [1.82, 2.24) is 20.1 Å². The van der Waals surface area contributed by atoms with Crippen molar-refractivity contribution in [2.75, 3.05) is 0 Å². The number of aromatic nitrogens is 3. The topological polar surface area (TPSA) is 83.6 Å². The van der Waals surface area contributed by atoms with Gasteiger partial charge in [0, 0.05) is 5.02 Å². The zero-order valence-corrected chi connectivity index (χ0v) is 17.0. The number of rotatable bonds is 5. The van der Waals surface area contributed by atoms with Crippen molar-refractivity contribution in [2.24, 2.45) is 0 Å². The van der Waals surface area contributed by atoms with Crippen LogP contribution in [0.4, 0.5) is 0 Å². The maximum absolute atomic E-state index is 12.7. The first-order chi connectivity index (χ1) is 12.9. The van der Waals surface area contributed by atoms with Crippen LogP contribution in [0.3, 0.4) is 0 Å². The van der Waals surface area contributed by atoms with Crippen LogP contribution in [0.1, 0.15) is 44.6 Å². The van der Waals surface area contributed by atoms with Crippen molar-refractivity contribution >= 4 is 29.3 Å². The third-order valence-corrected chi connectivity index (χ3v) is 6.35. The highest BCUT2D eigenvalue weighted by molar-refractivity contribution is 8.00. The Balaban J connectivity index is 1.72. The second kappa shape index (κ2) is 8.32. The van der Waals surface area contributed by atoms with E-state index in [-0.39, 0.29) is 5.91 Å². The predicted molar refractivity (Wildman–Crippen MR) is 106 cm³/mol. The lowest BCUT2D eigenvalue weighted by Gasteiger charge is -2.32. The smallest absolute Gasteiger partial charge is 0.234 e. The zero-order chi connectivity index (χ0) is 19.4. The fraction of sp³-hybridized carbons (Fsp3) is 0.474. The molecule has 1 aromatic heterocycles. The molecule has 1 heterocycles. The van der Waals surface area contributed by atoms with Crippen LogP contribution in [0, 0.1) is 18.3 Å². The molecule has 6 nitrogen and oxygen atoms in total. The number of hydrogen-bond acceptors (Lipinski definition) is 5. The molecule has 1 saturated carbocycles. The molecule has 0 aliphatic heterocycles. The van der Waals surface area contributed by atoms with E-state index in [9.17, 15) is 10.1 Å². The summed E-state index contributed by atoms with van der Waals surface area (Å²) in [5.41, 5.74) is 1.10. The molecule has 3 rings (SSSR count). The molecule has 2 aromatic rings. The third-order valence-electron chi connectivity index (χ3n) is 4.89. The Hall–Kier alpha value is -2.04. The van der Waals surface area contributed by atoms with Gasteiger partial charge < -0.3 is 5.32 Å². The van der Waals surface area contributed by atoms with Crippen molar-refractivity contribution in [3.8, 4) is 11.8 Å². The quantitative estimate of drug-likeness (QED) is 0.761. The zero-order valence-electron chi connectivity index (χ0n) is 15.4.